The zero-order valence-corrected chi connectivity index (χ0v) is 10.7. The summed E-state index contributed by atoms with van der Waals surface area (Å²) in [6.45, 7) is 5.49. The van der Waals surface area contributed by atoms with Crippen LogP contribution in [0, 0.1) is 11.7 Å². The molecule has 0 saturated carbocycles. The molecular formula is C12H16BrFO. The largest absolute Gasteiger partial charge is 0.377 e. The molecule has 0 aliphatic rings. The zero-order valence-electron chi connectivity index (χ0n) is 9.09. The first kappa shape index (κ1) is 12.7. The van der Waals surface area contributed by atoms with Crippen molar-refractivity contribution < 1.29 is 9.13 Å². The molecule has 15 heavy (non-hydrogen) atoms. The first-order valence-electron chi connectivity index (χ1n) is 5.12. The second-order valence-corrected chi connectivity index (χ2v) is 4.74. The highest BCUT2D eigenvalue weighted by molar-refractivity contribution is 9.10. The Hall–Kier alpha value is -0.410. The molecule has 0 unspecified atom stereocenters. The molecule has 0 aliphatic heterocycles. The number of rotatable bonds is 5. The number of benzene rings is 1. The zero-order chi connectivity index (χ0) is 11.3. The van der Waals surface area contributed by atoms with Crippen LogP contribution in [0.3, 0.4) is 0 Å². The fourth-order valence-electron chi connectivity index (χ4n) is 1.16. The Morgan fingerprint density at radius 2 is 2.13 bits per heavy atom. The van der Waals surface area contributed by atoms with Crippen molar-refractivity contribution in [3.8, 4) is 0 Å². The second kappa shape index (κ2) is 6.23. The molecule has 0 atom stereocenters. The molecule has 0 N–H and O–H groups in total. The van der Waals surface area contributed by atoms with E-state index in [1.807, 2.05) is 6.07 Å². The molecule has 1 rings (SSSR count). The lowest BCUT2D eigenvalue weighted by molar-refractivity contribution is 0.110. The summed E-state index contributed by atoms with van der Waals surface area (Å²) < 4.78 is 19.1. The smallest absolute Gasteiger partial charge is 0.137 e. The summed E-state index contributed by atoms with van der Waals surface area (Å²) >= 11 is 3.21. The molecule has 1 nitrogen and oxygen atoms in total. The predicted molar refractivity (Wildman–Crippen MR) is 63.2 cm³/mol. The maximum absolute atomic E-state index is 13.1. The van der Waals surface area contributed by atoms with Crippen LogP contribution in [0.4, 0.5) is 4.39 Å². The van der Waals surface area contributed by atoms with E-state index in [0.717, 1.165) is 18.6 Å². The fraction of sp³-hybridized carbons (Fsp3) is 0.500. The van der Waals surface area contributed by atoms with Crippen molar-refractivity contribution in [3.63, 3.8) is 0 Å². The number of hydrogen-bond acceptors (Lipinski definition) is 1. The van der Waals surface area contributed by atoms with Gasteiger partial charge in [-0.1, -0.05) is 26.0 Å². The minimum Gasteiger partial charge on any atom is -0.377 e. The molecule has 0 heterocycles. The van der Waals surface area contributed by atoms with Gasteiger partial charge in [0.2, 0.25) is 0 Å². The first-order valence-corrected chi connectivity index (χ1v) is 5.91. The van der Waals surface area contributed by atoms with Crippen LogP contribution in [-0.4, -0.2) is 6.61 Å². The van der Waals surface area contributed by atoms with Crippen LogP contribution in [0.2, 0.25) is 0 Å². The van der Waals surface area contributed by atoms with Crippen LogP contribution in [0.15, 0.2) is 22.7 Å². The normalized spacial score (nSPS) is 11.0. The molecule has 0 spiro atoms. The second-order valence-electron chi connectivity index (χ2n) is 3.95. The summed E-state index contributed by atoms with van der Waals surface area (Å²) in [4.78, 5) is 0. The third kappa shape index (κ3) is 4.31. The van der Waals surface area contributed by atoms with E-state index in [0.29, 0.717) is 17.0 Å². The highest BCUT2D eigenvalue weighted by atomic mass is 79.9. The van der Waals surface area contributed by atoms with Crippen molar-refractivity contribution in [2.24, 2.45) is 5.92 Å². The van der Waals surface area contributed by atoms with Crippen molar-refractivity contribution in [1.29, 1.82) is 0 Å². The Bertz CT molecular complexity index is 312. The molecule has 1 aromatic carbocycles. The van der Waals surface area contributed by atoms with Gasteiger partial charge in [-0.25, -0.2) is 4.39 Å². The van der Waals surface area contributed by atoms with Gasteiger partial charge < -0.3 is 4.74 Å². The van der Waals surface area contributed by atoms with Gasteiger partial charge >= 0.3 is 0 Å². The molecule has 0 fully saturated rings. The van der Waals surface area contributed by atoms with E-state index in [1.165, 1.54) is 6.07 Å². The Kier molecular flexibility index (Phi) is 5.26. The number of hydrogen-bond donors (Lipinski definition) is 0. The molecule has 0 radical (unpaired) electrons. The molecule has 0 aliphatic carbocycles. The highest BCUT2D eigenvalue weighted by Crippen LogP contribution is 2.21. The van der Waals surface area contributed by atoms with Crippen LogP contribution in [0.1, 0.15) is 25.8 Å². The third-order valence-electron chi connectivity index (χ3n) is 2.13. The third-order valence-corrected chi connectivity index (χ3v) is 3.02. The molecule has 0 amide bonds. The predicted octanol–water partition coefficient (Wildman–Crippen LogP) is 4.15. The van der Waals surface area contributed by atoms with Gasteiger partial charge in [-0.15, -0.1) is 0 Å². The fourth-order valence-corrected chi connectivity index (χ4v) is 1.54. The Morgan fingerprint density at radius 1 is 1.40 bits per heavy atom. The molecule has 3 heteroatoms. The van der Waals surface area contributed by atoms with Crippen LogP contribution < -0.4 is 0 Å². The maximum Gasteiger partial charge on any atom is 0.137 e. The average molecular weight is 275 g/mol. The SMILES string of the molecule is CC(C)CCOCc1cccc(F)c1Br. The van der Waals surface area contributed by atoms with E-state index < -0.39 is 0 Å². The van der Waals surface area contributed by atoms with Crippen molar-refractivity contribution in [3.05, 3.63) is 34.1 Å². The van der Waals surface area contributed by atoms with Crippen LogP contribution >= 0.6 is 15.9 Å². The van der Waals surface area contributed by atoms with Gasteiger partial charge in [-0.05, 0) is 39.9 Å². The Balaban J connectivity index is 2.41. The van der Waals surface area contributed by atoms with Gasteiger partial charge in [-0.3, -0.25) is 0 Å². The summed E-state index contributed by atoms with van der Waals surface area (Å²) in [6.07, 6.45) is 1.03. The average Bonchev–Trinajstić information content (AvgIpc) is 2.18. The molecule has 0 bridgehead atoms. The van der Waals surface area contributed by atoms with Gasteiger partial charge in [-0.2, -0.15) is 0 Å². The summed E-state index contributed by atoms with van der Waals surface area (Å²) in [5.74, 6) is 0.404. The van der Waals surface area contributed by atoms with Gasteiger partial charge in [0.1, 0.15) is 5.82 Å². The molecule has 84 valence electrons. The van der Waals surface area contributed by atoms with Gasteiger partial charge in [0.25, 0.3) is 0 Å². The number of halogens is 2. The van der Waals surface area contributed by atoms with Crippen molar-refractivity contribution >= 4 is 15.9 Å². The first-order chi connectivity index (χ1) is 7.11. The standard InChI is InChI=1S/C12H16BrFO/c1-9(2)6-7-15-8-10-4-3-5-11(14)12(10)13/h3-5,9H,6-8H2,1-2H3. The van der Waals surface area contributed by atoms with E-state index in [4.69, 9.17) is 4.74 Å². The van der Waals surface area contributed by atoms with Crippen LogP contribution in [-0.2, 0) is 11.3 Å². The lowest BCUT2D eigenvalue weighted by Crippen LogP contribution is -2.00. The van der Waals surface area contributed by atoms with E-state index in [-0.39, 0.29) is 5.82 Å². The summed E-state index contributed by atoms with van der Waals surface area (Å²) in [7, 11) is 0. The topological polar surface area (TPSA) is 9.23 Å². The number of ether oxygens (including phenoxy) is 1. The lowest BCUT2D eigenvalue weighted by atomic mass is 10.1. The quantitative estimate of drug-likeness (QED) is 0.733. The van der Waals surface area contributed by atoms with E-state index in [1.54, 1.807) is 6.07 Å². The van der Waals surface area contributed by atoms with E-state index >= 15 is 0 Å². The van der Waals surface area contributed by atoms with Gasteiger partial charge in [0, 0.05) is 6.61 Å². The summed E-state index contributed by atoms with van der Waals surface area (Å²) in [6, 6.07) is 4.99. The summed E-state index contributed by atoms with van der Waals surface area (Å²) in [5, 5.41) is 0. The molecular weight excluding hydrogens is 259 g/mol. The highest BCUT2D eigenvalue weighted by Gasteiger charge is 2.04. The van der Waals surface area contributed by atoms with Crippen LogP contribution in [0.25, 0.3) is 0 Å². The molecule has 0 saturated heterocycles. The minimum atomic E-state index is -0.236. The van der Waals surface area contributed by atoms with Crippen molar-refractivity contribution in [1.82, 2.24) is 0 Å². The van der Waals surface area contributed by atoms with Gasteiger partial charge in [0.05, 0.1) is 11.1 Å². The Labute approximate surface area is 98.8 Å². The Morgan fingerprint density at radius 3 is 2.80 bits per heavy atom. The minimum absolute atomic E-state index is 0.236. The van der Waals surface area contributed by atoms with Gasteiger partial charge in [0.15, 0.2) is 0 Å². The van der Waals surface area contributed by atoms with Crippen molar-refractivity contribution in [2.45, 2.75) is 26.9 Å². The maximum atomic E-state index is 13.1. The van der Waals surface area contributed by atoms with Crippen molar-refractivity contribution in [2.75, 3.05) is 6.61 Å². The monoisotopic (exact) mass is 274 g/mol. The van der Waals surface area contributed by atoms with E-state index in [2.05, 4.69) is 29.8 Å². The molecule has 0 aromatic heterocycles. The van der Waals surface area contributed by atoms with E-state index in [9.17, 15) is 4.39 Å². The summed E-state index contributed by atoms with van der Waals surface area (Å²) in [5.41, 5.74) is 0.860. The lowest BCUT2D eigenvalue weighted by Gasteiger charge is -2.08. The molecule has 1 aromatic rings. The van der Waals surface area contributed by atoms with Crippen LogP contribution in [0.5, 0.6) is 0 Å².